The van der Waals surface area contributed by atoms with Gasteiger partial charge in [0, 0.05) is 16.3 Å². The molecule has 0 spiro atoms. The van der Waals surface area contributed by atoms with E-state index in [2.05, 4.69) is 16.0 Å². The summed E-state index contributed by atoms with van der Waals surface area (Å²) < 4.78 is 12.5. The van der Waals surface area contributed by atoms with Crippen molar-refractivity contribution < 1.29 is 18.7 Å². The van der Waals surface area contributed by atoms with E-state index in [4.69, 9.17) is 9.15 Å². The molecule has 0 fully saturated rings. The van der Waals surface area contributed by atoms with E-state index >= 15 is 0 Å². The van der Waals surface area contributed by atoms with E-state index < -0.39 is 5.97 Å². The summed E-state index contributed by atoms with van der Waals surface area (Å²) in [5.74, 6) is -0.229. The average Bonchev–Trinajstić information content (AvgIpc) is 3.38. The highest BCUT2D eigenvalue weighted by Crippen LogP contribution is 2.20. The van der Waals surface area contributed by atoms with Crippen molar-refractivity contribution in [3.8, 4) is 0 Å². The number of aryl methyl sites for hydroxylation is 1. The summed E-state index contributed by atoms with van der Waals surface area (Å²) in [5, 5.41) is 4.77. The van der Waals surface area contributed by atoms with Gasteiger partial charge in [0.15, 0.2) is 6.61 Å². The van der Waals surface area contributed by atoms with Crippen LogP contribution in [0.5, 0.6) is 0 Å². The third kappa shape index (κ3) is 4.49. The van der Waals surface area contributed by atoms with Gasteiger partial charge in [-0.25, -0.2) is 4.79 Å². The summed E-state index contributed by atoms with van der Waals surface area (Å²) in [6.45, 7) is 6.02. The molecule has 0 unspecified atom stereocenters. The number of hydrogen-bond donors (Lipinski definition) is 1. The molecule has 0 aromatic carbocycles. The lowest BCUT2D eigenvalue weighted by Crippen LogP contribution is -2.31. The monoisotopic (exact) mass is 386 g/mol. The zero-order chi connectivity index (χ0) is 19.4. The second-order valence-corrected chi connectivity index (χ2v) is 7.36. The van der Waals surface area contributed by atoms with Crippen LogP contribution in [0.3, 0.4) is 0 Å². The van der Waals surface area contributed by atoms with Crippen LogP contribution in [-0.4, -0.2) is 23.1 Å². The Morgan fingerprint density at radius 1 is 1.30 bits per heavy atom. The first kappa shape index (κ1) is 19.0. The molecule has 0 aliphatic rings. The number of amides is 1. The average molecular weight is 386 g/mol. The second-order valence-electron chi connectivity index (χ2n) is 6.33. The molecule has 27 heavy (non-hydrogen) atoms. The first-order chi connectivity index (χ1) is 13.0. The fourth-order valence-electron chi connectivity index (χ4n) is 2.91. The van der Waals surface area contributed by atoms with Crippen LogP contribution < -0.4 is 5.32 Å². The Bertz CT molecular complexity index is 910. The molecule has 7 heteroatoms. The smallest absolute Gasteiger partial charge is 0.340 e. The van der Waals surface area contributed by atoms with Crippen LogP contribution in [0, 0.1) is 13.8 Å². The lowest BCUT2D eigenvalue weighted by Gasteiger charge is -2.12. The number of hydrogen-bond acceptors (Lipinski definition) is 5. The highest BCUT2D eigenvalue weighted by Gasteiger charge is 2.19. The summed E-state index contributed by atoms with van der Waals surface area (Å²) in [6.07, 6.45) is 1.55. The van der Waals surface area contributed by atoms with Crippen LogP contribution in [0.25, 0.3) is 0 Å². The lowest BCUT2D eigenvalue weighted by molar-refractivity contribution is -0.125. The van der Waals surface area contributed by atoms with E-state index in [0.717, 1.165) is 11.4 Å². The molecule has 1 amide bonds. The largest absolute Gasteiger partial charge is 0.467 e. The summed E-state index contributed by atoms with van der Waals surface area (Å²) in [5.41, 5.74) is 2.29. The minimum atomic E-state index is -0.499. The van der Waals surface area contributed by atoms with Gasteiger partial charge in [0.05, 0.1) is 24.4 Å². The Hall–Kier alpha value is -2.80. The van der Waals surface area contributed by atoms with Crippen LogP contribution in [0.4, 0.5) is 0 Å². The van der Waals surface area contributed by atoms with Crippen molar-refractivity contribution >= 4 is 23.2 Å². The van der Waals surface area contributed by atoms with Gasteiger partial charge in [-0.15, -0.1) is 11.3 Å². The standard InChI is InChI=1S/C20H22N2O4S/c1-13-10-17(15(3)22(13)11-16-6-5-9-27-16)20(24)26-12-19(23)21-14(2)18-7-4-8-25-18/h4-10,14H,11-12H2,1-3H3,(H,21,23)/t14-/m0/s1. The number of nitrogens with zero attached hydrogens (tertiary/aromatic N) is 1. The molecular formula is C20H22N2O4S. The molecule has 1 N–H and O–H groups in total. The van der Waals surface area contributed by atoms with E-state index in [1.54, 1.807) is 42.7 Å². The van der Waals surface area contributed by atoms with Gasteiger partial charge in [0.2, 0.25) is 0 Å². The number of rotatable bonds is 7. The van der Waals surface area contributed by atoms with Gasteiger partial charge in [-0.1, -0.05) is 6.07 Å². The quantitative estimate of drug-likeness (QED) is 0.626. The molecule has 3 aromatic rings. The van der Waals surface area contributed by atoms with Gasteiger partial charge < -0.3 is 19.0 Å². The number of furan rings is 1. The van der Waals surface area contributed by atoms with E-state index in [-0.39, 0.29) is 18.6 Å². The molecule has 3 rings (SSSR count). The van der Waals surface area contributed by atoms with E-state index in [1.807, 2.05) is 25.3 Å². The van der Waals surface area contributed by atoms with Crippen molar-refractivity contribution in [2.75, 3.05) is 6.61 Å². The maximum absolute atomic E-state index is 12.4. The zero-order valence-corrected chi connectivity index (χ0v) is 16.3. The number of ether oxygens (including phenoxy) is 1. The van der Waals surface area contributed by atoms with Gasteiger partial charge in [-0.3, -0.25) is 4.79 Å². The maximum atomic E-state index is 12.4. The normalized spacial score (nSPS) is 12.0. The van der Waals surface area contributed by atoms with Crippen LogP contribution in [0.15, 0.2) is 46.4 Å². The molecular weight excluding hydrogens is 364 g/mol. The zero-order valence-electron chi connectivity index (χ0n) is 15.5. The molecule has 3 aromatic heterocycles. The lowest BCUT2D eigenvalue weighted by atomic mass is 10.2. The minimum absolute atomic E-state index is 0.290. The van der Waals surface area contributed by atoms with Gasteiger partial charge >= 0.3 is 5.97 Å². The number of thiophene rings is 1. The van der Waals surface area contributed by atoms with Gasteiger partial charge in [0.1, 0.15) is 5.76 Å². The molecule has 0 aliphatic heterocycles. The third-order valence-electron chi connectivity index (χ3n) is 4.37. The van der Waals surface area contributed by atoms with Gasteiger partial charge in [-0.05, 0) is 50.4 Å². The Morgan fingerprint density at radius 3 is 2.78 bits per heavy atom. The summed E-state index contributed by atoms with van der Waals surface area (Å²) in [6, 6.07) is 9.11. The van der Waals surface area contributed by atoms with Gasteiger partial charge in [0.25, 0.3) is 5.91 Å². The van der Waals surface area contributed by atoms with E-state index in [0.29, 0.717) is 17.9 Å². The van der Waals surface area contributed by atoms with Crippen molar-refractivity contribution in [3.05, 3.63) is 69.6 Å². The Morgan fingerprint density at radius 2 is 2.11 bits per heavy atom. The molecule has 0 bridgehead atoms. The van der Waals surface area contributed by atoms with Crippen LogP contribution >= 0.6 is 11.3 Å². The molecule has 1 atom stereocenters. The Balaban J connectivity index is 1.58. The number of esters is 1. The summed E-state index contributed by atoms with van der Waals surface area (Å²) in [7, 11) is 0. The molecule has 142 valence electrons. The second kappa shape index (κ2) is 8.26. The maximum Gasteiger partial charge on any atom is 0.340 e. The van der Waals surface area contributed by atoms with Crippen LogP contribution in [-0.2, 0) is 16.1 Å². The third-order valence-corrected chi connectivity index (χ3v) is 5.23. The molecule has 0 saturated heterocycles. The number of nitrogens with one attached hydrogen (secondary N) is 1. The van der Waals surface area contributed by atoms with Crippen molar-refractivity contribution in [2.24, 2.45) is 0 Å². The van der Waals surface area contributed by atoms with E-state index in [1.165, 1.54) is 4.88 Å². The highest BCUT2D eigenvalue weighted by atomic mass is 32.1. The van der Waals surface area contributed by atoms with Crippen LogP contribution in [0.2, 0.25) is 0 Å². The fourth-order valence-corrected chi connectivity index (χ4v) is 3.60. The molecule has 3 heterocycles. The number of carbonyl (C=O) groups is 2. The molecule has 6 nitrogen and oxygen atoms in total. The van der Waals surface area contributed by atoms with Crippen molar-refractivity contribution in [1.29, 1.82) is 0 Å². The SMILES string of the molecule is Cc1cc(C(=O)OCC(=O)N[C@@H](C)c2ccco2)c(C)n1Cc1cccs1. The first-order valence-corrected chi connectivity index (χ1v) is 9.52. The minimum Gasteiger partial charge on any atom is -0.467 e. The highest BCUT2D eigenvalue weighted by molar-refractivity contribution is 7.09. The van der Waals surface area contributed by atoms with E-state index in [9.17, 15) is 9.59 Å². The van der Waals surface area contributed by atoms with Gasteiger partial charge in [-0.2, -0.15) is 0 Å². The molecule has 0 aliphatic carbocycles. The van der Waals surface area contributed by atoms with Crippen molar-refractivity contribution in [3.63, 3.8) is 0 Å². The fraction of sp³-hybridized carbons (Fsp3) is 0.300. The van der Waals surface area contributed by atoms with Crippen molar-refractivity contribution in [2.45, 2.75) is 33.4 Å². The van der Waals surface area contributed by atoms with Crippen LogP contribution in [0.1, 0.15) is 45.3 Å². The summed E-state index contributed by atoms with van der Waals surface area (Å²) in [4.78, 5) is 25.7. The number of carbonyl (C=O) groups excluding carboxylic acids is 2. The molecule has 0 saturated carbocycles. The van der Waals surface area contributed by atoms with Crippen molar-refractivity contribution in [1.82, 2.24) is 9.88 Å². The first-order valence-electron chi connectivity index (χ1n) is 8.64. The number of aromatic nitrogens is 1. The Labute approximate surface area is 161 Å². The Kier molecular flexibility index (Phi) is 5.81. The topological polar surface area (TPSA) is 73.5 Å². The predicted molar refractivity (Wildman–Crippen MR) is 103 cm³/mol. The summed E-state index contributed by atoms with van der Waals surface area (Å²) >= 11 is 1.67. The molecule has 0 radical (unpaired) electrons. The predicted octanol–water partition coefficient (Wildman–Crippen LogP) is 3.84.